The number of hydrogen-bond acceptors (Lipinski definition) is 5. The van der Waals surface area contributed by atoms with Crippen LogP contribution in [0.1, 0.15) is 37.7 Å². The van der Waals surface area contributed by atoms with Gasteiger partial charge in [-0.3, -0.25) is 15.0 Å². The fourth-order valence-corrected chi connectivity index (χ4v) is 6.51. The normalized spacial score (nSPS) is 22.2. The third-order valence-electron chi connectivity index (χ3n) is 8.94. The number of benzene rings is 2. The van der Waals surface area contributed by atoms with Crippen molar-refractivity contribution in [1.82, 2.24) is 19.6 Å². The molecule has 4 N–H and O–H groups in total. The molecule has 228 valence electrons. The molecule has 3 saturated heterocycles. The monoisotopic (exact) mass is 588 g/mol. The topological polar surface area (TPSA) is 151 Å². The number of rotatable bonds is 8. The number of hydrogen-bond donors (Lipinski definition) is 3. The number of aliphatic carboxylic acids is 1. The summed E-state index contributed by atoms with van der Waals surface area (Å²) in [6.45, 7) is 2.39. The van der Waals surface area contributed by atoms with E-state index < -0.39 is 29.9 Å². The maximum atomic E-state index is 13.2. The molecule has 3 fully saturated rings. The van der Waals surface area contributed by atoms with Crippen molar-refractivity contribution in [2.75, 3.05) is 39.3 Å². The summed E-state index contributed by atoms with van der Waals surface area (Å²) >= 11 is 0. The zero-order valence-corrected chi connectivity index (χ0v) is 24.4. The molecule has 3 aliphatic heterocycles. The van der Waals surface area contributed by atoms with E-state index >= 15 is 0 Å². The van der Waals surface area contributed by atoms with Crippen molar-refractivity contribution in [1.29, 1.82) is 5.41 Å². The van der Waals surface area contributed by atoms with E-state index in [1.807, 2.05) is 18.2 Å². The number of imide groups is 1. The first kappa shape index (κ1) is 30.1. The van der Waals surface area contributed by atoms with Crippen LogP contribution >= 0.6 is 0 Å². The van der Waals surface area contributed by atoms with Crippen LogP contribution in [0.2, 0.25) is 0 Å². The number of urea groups is 1. The van der Waals surface area contributed by atoms with Crippen molar-refractivity contribution in [2.24, 2.45) is 17.6 Å². The van der Waals surface area contributed by atoms with Crippen molar-refractivity contribution in [3.63, 3.8) is 0 Å². The van der Waals surface area contributed by atoms with Crippen molar-refractivity contribution >= 4 is 29.8 Å². The predicted octanol–water partition coefficient (Wildman–Crippen LogP) is 2.85. The van der Waals surface area contributed by atoms with Crippen LogP contribution in [-0.4, -0.2) is 99.8 Å². The number of nitrogens with zero attached hydrogens (tertiary/aromatic N) is 4. The molecule has 43 heavy (non-hydrogen) atoms. The summed E-state index contributed by atoms with van der Waals surface area (Å²) in [6, 6.07) is 16.8. The molecule has 5 rings (SSSR count). The molecule has 3 heterocycles. The van der Waals surface area contributed by atoms with Crippen LogP contribution in [-0.2, 0) is 20.8 Å². The molecule has 0 spiro atoms. The molecule has 3 aliphatic rings. The van der Waals surface area contributed by atoms with Crippen LogP contribution < -0.4 is 5.73 Å². The molecule has 4 amide bonds. The molecule has 0 aliphatic carbocycles. The molecule has 2 aromatic rings. The Kier molecular flexibility index (Phi) is 9.27. The number of β-lactam (4-membered cyclic amide) rings is 1. The Morgan fingerprint density at radius 1 is 0.884 bits per heavy atom. The number of aryl methyl sites for hydroxylation is 1. The number of piperazine rings is 1. The zero-order valence-electron chi connectivity index (χ0n) is 24.4. The van der Waals surface area contributed by atoms with Gasteiger partial charge < -0.3 is 25.5 Å². The number of carbonyl (C=O) groups is 4. The lowest BCUT2D eigenvalue weighted by Crippen LogP contribution is -2.70. The fourth-order valence-electron chi connectivity index (χ4n) is 6.51. The largest absolute Gasteiger partial charge is 0.480 e. The SMILES string of the molecule is N=C(N)N1CCCC(CC2C(=O)N(C(=O)N3CCN(C(=O)CCCc4ccc(-c5ccccc5)cc4)CC3)C2C(=O)O)C1. The quantitative estimate of drug-likeness (QED) is 0.244. The van der Waals surface area contributed by atoms with Gasteiger partial charge in [-0.15, -0.1) is 0 Å². The molecule has 3 unspecified atom stereocenters. The molecule has 0 aromatic heterocycles. The van der Waals surface area contributed by atoms with Crippen LogP contribution in [0.15, 0.2) is 54.6 Å². The van der Waals surface area contributed by atoms with E-state index in [-0.39, 0.29) is 30.9 Å². The van der Waals surface area contributed by atoms with Crippen LogP contribution in [0.3, 0.4) is 0 Å². The standard InChI is InChI=1S/C32H40N6O5/c33-31(34)37-15-5-7-23(21-37)20-26-28(30(41)42)38(29(26)40)32(43)36-18-16-35(17-19-36)27(39)10-4-6-22-11-13-25(14-12-22)24-8-2-1-3-9-24/h1-3,8-9,11-14,23,26,28H,4-7,10,15-21H2,(H3,33,34)(H,41,42). The number of amides is 4. The first-order valence-corrected chi connectivity index (χ1v) is 15.1. The second-order valence-corrected chi connectivity index (χ2v) is 11.7. The lowest BCUT2D eigenvalue weighted by atomic mass is 9.78. The van der Waals surface area contributed by atoms with E-state index in [4.69, 9.17) is 11.1 Å². The first-order valence-electron chi connectivity index (χ1n) is 15.1. The van der Waals surface area contributed by atoms with Gasteiger partial charge in [0.25, 0.3) is 0 Å². The van der Waals surface area contributed by atoms with E-state index in [9.17, 15) is 24.3 Å². The second kappa shape index (κ2) is 13.3. The summed E-state index contributed by atoms with van der Waals surface area (Å²) in [4.78, 5) is 57.0. The molecule has 11 nitrogen and oxygen atoms in total. The third kappa shape index (κ3) is 6.81. The van der Waals surface area contributed by atoms with E-state index in [1.54, 1.807) is 9.80 Å². The summed E-state index contributed by atoms with van der Waals surface area (Å²) < 4.78 is 0. The zero-order chi connectivity index (χ0) is 30.5. The van der Waals surface area contributed by atoms with Crippen LogP contribution in [0.25, 0.3) is 11.1 Å². The van der Waals surface area contributed by atoms with Gasteiger partial charge in [-0.2, -0.15) is 0 Å². The number of nitrogens with two attached hydrogens (primary N) is 1. The van der Waals surface area contributed by atoms with E-state index in [0.29, 0.717) is 39.0 Å². The minimum Gasteiger partial charge on any atom is -0.480 e. The number of carboxylic acid groups (broad SMARTS) is 1. The lowest BCUT2D eigenvalue weighted by Gasteiger charge is -2.47. The summed E-state index contributed by atoms with van der Waals surface area (Å²) in [5.74, 6) is -2.38. The Balaban J connectivity index is 1.06. The van der Waals surface area contributed by atoms with Crippen molar-refractivity contribution in [2.45, 2.75) is 44.6 Å². The summed E-state index contributed by atoms with van der Waals surface area (Å²) in [6.07, 6.45) is 3.91. The lowest BCUT2D eigenvalue weighted by molar-refractivity contribution is -0.167. The number of nitrogens with one attached hydrogen (secondary N) is 1. The van der Waals surface area contributed by atoms with Gasteiger partial charge in [0.05, 0.1) is 5.92 Å². The first-order chi connectivity index (χ1) is 20.7. The molecule has 0 bridgehead atoms. The van der Waals surface area contributed by atoms with Crippen molar-refractivity contribution in [3.8, 4) is 11.1 Å². The average molecular weight is 589 g/mol. The number of guanidine groups is 1. The Morgan fingerprint density at radius 2 is 1.53 bits per heavy atom. The Labute approximate surface area is 251 Å². The molecular weight excluding hydrogens is 548 g/mol. The number of carboxylic acids is 1. The number of carbonyl (C=O) groups excluding carboxylic acids is 3. The highest BCUT2D eigenvalue weighted by Gasteiger charge is 2.56. The summed E-state index contributed by atoms with van der Waals surface area (Å²) in [5, 5.41) is 17.5. The van der Waals surface area contributed by atoms with Crippen molar-refractivity contribution < 1.29 is 24.3 Å². The van der Waals surface area contributed by atoms with E-state index in [0.717, 1.165) is 36.1 Å². The maximum Gasteiger partial charge on any atom is 0.327 e. The van der Waals surface area contributed by atoms with Crippen LogP contribution in [0, 0.1) is 17.2 Å². The van der Waals surface area contributed by atoms with Gasteiger partial charge in [0, 0.05) is 45.7 Å². The Hall–Kier alpha value is -4.41. The number of likely N-dealkylation sites (tertiary alicyclic amines) is 2. The van der Waals surface area contributed by atoms with Gasteiger partial charge in [-0.05, 0) is 54.7 Å². The van der Waals surface area contributed by atoms with Crippen molar-refractivity contribution in [3.05, 3.63) is 60.2 Å². The summed E-state index contributed by atoms with van der Waals surface area (Å²) in [7, 11) is 0. The highest BCUT2D eigenvalue weighted by Crippen LogP contribution is 2.36. The minimum absolute atomic E-state index is 0.0253. The molecule has 0 saturated carbocycles. The highest BCUT2D eigenvalue weighted by atomic mass is 16.4. The van der Waals surface area contributed by atoms with Gasteiger partial charge in [-0.1, -0.05) is 54.6 Å². The third-order valence-corrected chi connectivity index (χ3v) is 8.94. The average Bonchev–Trinajstić information content (AvgIpc) is 3.02. The fraction of sp³-hybridized carbons (Fsp3) is 0.469. The van der Waals surface area contributed by atoms with Crippen LogP contribution in [0.5, 0.6) is 0 Å². The molecular formula is C32H40N6O5. The predicted molar refractivity (Wildman–Crippen MR) is 161 cm³/mol. The van der Waals surface area contributed by atoms with Gasteiger partial charge in [0.1, 0.15) is 0 Å². The minimum atomic E-state index is -1.20. The Bertz CT molecular complexity index is 1340. The van der Waals surface area contributed by atoms with E-state index in [1.165, 1.54) is 16.0 Å². The van der Waals surface area contributed by atoms with E-state index in [2.05, 4.69) is 36.4 Å². The maximum absolute atomic E-state index is 13.2. The molecule has 0 radical (unpaired) electrons. The molecule has 11 heteroatoms. The van der Waals surface area contributed by atoms with Gasteiger partial charge in [-0.25, -0.2) is 14.5 Å². The Morgan fingerprint density at radius 3 is 2.19 bits per heavy atom. The number of piperidine rings is 1. The smallest absolute Gasteiger partial charge is 0.327 e. The summed E-state index contributed by atoms with van der Waals surface area (Å²) in [5.41, 5.74) is 9.11. The van der Waals surface area contributed by atoms with Crippen LogP contribution in [0.4, 0.5) is 4.79 Å². The second-order valence-electron chi connectivity index (χ2n) is 11.7. The van der Waals surface area contributed by atoms with Gasteiger partial charge >= 0.3 is 12.0 Å². The molecule has 2 aromatic carbocycles. The highest BCUT2D eigenvalue weighted by molar-refractivity contribution is 6.07. The van der Waals surface area contributed by atoms with Gasteiger partial charge in [0.15, 0.2) is 12.0 Å². The van der Waals surface area contributed by atoms with Gasteiger partial charge in [0.2, 0.25) is 11.8 Å². The molecule has 3 atom stereocenters.